The van der Waals surface area contributed by atoms with Crippen LogP contribution in [0.15, 0.2) is 18.2 Å². The Kier molecular flexibility index (Phi) is 5.23. The number of fused-ring (bicyclic) bond motifs is 1. The van der Waals surface area contributed by atoms with Gasteiger partial charge in [0.2, 0.25) is 5.91 Å². The first kappa shape index (κ1) is 17.5. The summed E-state index contributed by atoms with van der Waals surface area (Å²) in [5, 5.41) is 0.519. The van der Waals surface area contributed by atoms with Crippen molar-refractivity contribution >= 4 is 28.7 Å². The van der Waals surface area contributed by atoms with Crippen LogP contribution in [0.5, 0.6) is 0 Å². The molecule has 128 valence electrons. The van der Waals surface area contributed by atoms with Crippen molar-refractivity contribution in [2.75, 3.05) is 18.6 Å². The molecular formula is C17H20N2O5. The van der Waals surface area contributed by atoms with Crippen molar-refractivity contribution in [2.45, 2.75) is 27.7 Å². The lowest BCUT2D eigenvalue weighted by Crippen LogP contribution is -2.21. The Hall–Kier alpha value is -2.83. The summed E-state index contributed by atoms with van der Waals surface area (Å²) in [5.41, 5.74) is 4.43. The van der Waals surface area contributed by atoms with E-state index in [0.29, 0.717) is 27.7 Å². The van der Waals surface area contributed by atoms with Crippen molar-refractivity contribution in [2.24, 2.45) is 0 Å². The molecule has 1 heterocycles. The first-order valence-corrected chi connectivity index (χ1v) is 7.67. The average Bonchev–Trinajstić information content (AvgIpc) is 2.79. The highest BCUT2D eigenvalue weighted by Crippen LogP contribution is 2.27. The average molecular weight is 332 g/mol. The van der Waals surface area contributed by atoms with Gasteiger partial charge in [-0.1, -0.05) is 0 Å². The van der Waals surface area contributed by atoms with E-state index < -0.39 is 11.9 Å². The van der Waals surface area contributed by atoms with E-state index in [-0.39, 0.29) is 19.1 Å². The molecule has 1 N–H and O–H groups in total. The molecular weight excluding hydrogens is 312 g/mol. The molecule has 2 rings (SSSR count). The summed E-state index contributed by atoms with van der Waals surface area (Å²) in [6, 6.07) is 4.82. The lowest BCUT2D eigenvalue weighted by molar-refractivity contribution is -0.115. The molecule has 0 bridgehead atoms. The van der Waals surface area contributed by atoms with E-state index in [0.717, 1.165) is 0 Å². The molecule has 0 fully saturated rings. The molecule has 1 amide bonds. The Morgan fingerprint density at radius 1 is 1.08 bits per heavy atom. The SMILES string of the molecule is CCOC(=O)c1ccc2c(c1)c(C(=O)OCC)c(C)n2NC(C)=O. The van der Waals surface area contributed by atoms with Crippen LogP contribution in [0, 0.1) is 6.92 Å². The Morgan fingerprint density at radius 3 is 2.29 bits per heavy atom. The van der Waals surface area contributed by atoms with Gasteiger partial charge in [0.15, 0.2) is 0 Å². The molecule has 0 aliphatic heterocycles. The molecule has 0 saturated carbocycles. The molecule has 0 unspecified atom stereocenters. The Morgan fingerprint density at radius 2 is 1.71 bits per heavy atom. The van der Waals surface area contributed by atoms with Gasteiger partial charge in [0.1, 0.15) is 0 Å². The summed E-state index contributed by atoms with van der Waals surface area (Å²) in [7, 11) is 0. The maximum Gasteiger partial charge on any atom is 0.340 e. The van der Waals surface area contributed by atoms with Crippen molar-refractivity contribution in [1.29, 1.82) is 0 Å². The largest absolute Gasteiger partial charge is 0.462 e. The second-order valence-electron chi connectivity index (χ2n) is 5.14. The maximum absolute atomic E-state index is 12.3. The van der Waals surface area contributed by atoms with Crippen LogP contribution in [0.3, 0.4) is 0 Å². The molecule has 7 nitrogen and oxygen atoms in total. The van der Waals surface area contributed by atoms with Crippen molar-refractivity contribution in [3.8, 4) is 0 Å². The first-order valence-electron chi connectivity index (χ1n) is 7.67. The Balaban J connectivity index is 2.68. The van der Waals surface area contributed by atoms with Gasteiger partial charge in [-0.2, -0.15) is 0 Å². The number of hydrogen-bond acceptors (Lipinski definition) is 5. The normalized spacial score (nSPS) is 10.5. The van der Waals surface area contributed by atoms with E-state index in [2.05, 4.69) is 5.43 Å². The number of rotatable bonds is 5. The fraction of sp³-hybridized carbons (Fsp3) is 0.353. The maximum atomic E-state index is 12.3. The molecule has 2 aromatic rings. The van der Waals surface area contributed by atoms with Gasteiger partial charge in [-0.3, -0.25) is 14.9 Å². The van der Waals surface area contributed by atoms with Crippen LogP contribution in [-0.2, 0) is 14.3 Å². The lowest BCUT2D eigenvalue weighted by Gasteiger charge is -2.08. The number of nitrogens with one attached hydrogen (secondary N) is 1. The van der Waals surface area contributed by atoms with Crippen LogP contribution >= 0.6 is 0 Å². The predicted molar refractivity (Wildman–Crippen MR) is 88.6 cm³/mol. The number of esters is 2. The molecule has 0 saturated heterocycles. The van der Waals surface area contributed by atoms with Crippen LogP contribution in [0.1, 0.15) is 47.2 Å². The number of aromatic nitrogens is 1. The third kappa shape index (κ3) is 3.24. The molecule has 0 atom stereocenters. The number of ether oxygens (including phenoxy) is 2. The molecule has 0 aliphatic rings. The van der Waals surface area contributed by atoms with Crippen LogP contribution in [0.2, 0.25) is 0 Å². The van der Waals surface area contributed by atoms with Crippen LogP contribution in [-0.4, -0.2) is 35.7 Å². The second-order valence-corrected chi connectivity index (χ2v) is 5.14. The third-order valence-corrected chi connectivity index (χ3v) is 3.46. The van der Waals surface area contributed by atoms with Gasteiger partial charge in [0.05, 0.1) is 35.6 Å². The van der Waals surface area contributed by atoms with Gasteiger partial charge in [-0.25, -0.2) is 9.59 Å². The van der Waals surface area contributed by atoms with Crippen molar-refractivity contribution < 1.29 is 23.9 Å². The smallest absolute Gasteiger partial charge is 0.340 e. The predicted octanol–water partition coefficient (Wildman–Crippen LogP) is 2.39. The van der Waals surface area contributed by atoms with E-state index in [9.17, 15) is 14.4 Å². The Labute approximate surface area is 139 Å². The van der Waals surface area contributed by atoms with Gasteiger partial charge in [-0.15, -0.1) is 0 Å². The monoisotopic (exact) mass is 332 g/mol. The summed E-state index contributed by atoms with van der Waals surface area (Å²) in [4.78, 5) is 35.7. The number of carbonyl (C=O) groups is 3. The van der Waals surface area contributed by atoms with Crippen LogP contribution in [0.25, 0.3) is 10.9 Å². The number of amides is 1. The van der Waals surface area contributed by atoms with Gasteiger partial charge in [-0.05, 0) is 39.0 Å². The highest BCUT2D eigenvalue weighted by Gasteiger charge is 2.23. The molecule has 0 radical (unpaired) electrons. The zero-order valence-electron chi connectivity index (χ0n) is 14.1. The van der Waals surface area contributed by atoms with Gasteiger partial charge >= 0.3 is 11.9 Å². The van der Waals surface area contributed by atoms with Crippen molar-refractivity contribution in [3.63, 3.8) is 0 Å². The van der Waals surface area contributed by atoms with Crippen molar-refractivity contribution in [3.05, 3.63) is 35.0 Å². The topological polar surface area (TPSA) is 86.6 Å². The first-order chi connectivity index (χ1) is 11.4. The van der Waals surface area contributed by atoms with Crippen molar-refractivity contribution in [1.82, 2.24) is 4.68 Å². The zero-order chi connectivity index (χ0) is 17.9. The highest BCUT2D eigenvalue weighted by molar-refractivity contribution is 6.08. The lowest BCUT2D eigenvalue weighted by atomic mass is 10.1. The van der Waals surface area contributed by atoms with Gasteiger partial charge in [0, 0.05) is 12.3 Å². The second kappa shape index (κ2) is 7.16. The molecule has 1 aromatic carbocycles. The van der Waals surface area contributed by atoms with E-state index in [1.165, 1.54) is 11.6 Å². The minimum absolute atomic E-state index is 0.225. The minimum atomic E-state index is -0.509. The van der Waals surface area contributed by atoms with Crippen LogP contribution < -0.4 is 5.43 Å². The summed E-state index contributed by atoms with van der Waals surface area (Å²) >= 11 is 0. The molecule has 0 spiro atoms. The number of nitrogens with zero attached hydrogens (tertiary/aromatic N) is 1. The van der Waals surface area contributed by atoms with Crippen LogP contribution in [0.4, 0.5) is 0 Å². The number of hydrogen-bond donors (Lipinski definition) is 1. The summed E-state index contributed by atoms with van der Waals surface area (Å²) < 4.78 is 11.6. The third-order valence-electron chi connectivity index (χ3n) is 3.46. The van der Waals surface area contributed by atoms with E-state index >= 15 is 0 Å². The van der Waals surface area contributed by atoms with E-state index in [4.69, 9.17) is 9.47 Å². The Bertz CT molecular complexity index is 807. The van der Waals surface area contributed by atoms with E-state index in [1.54, 1.807) is 39.0 Å². The highest BCUT2D eigenvalue weighted by atomic mass is 16.5. The summed E-state index contributed by atoms with van der Waals surface area (Å²) in [5.74, 6) is -1.26. The van der Waals surface area contributed by atoms with Gasteiger partial charge < -0.3 is 9.47 Å². The molecule has 0 aliphatic carbocycles. The van der Waals surface area contributed by atoms with E-state index in [1.807, 2.05) is 0 Å². The standard InChI is InChI=1S/C17H20N2O5/c1-5-23-16(21)12-7-8-14-13(9-12)15(17(22)24-6-2)10(3)19(14)18-11(4)20/h7-9H,5-6H2,1-4H3,(H,18,20). The summed E-state index contributed by atoms with van der Waals surface area (Å²) in [6.45, 7) is 6.99. The quantitative estimate of drug-likeness (QED) is 0.850. The van der Waals surface area contributed by atoms with Gasteiger partial charge in [0.25, 0.3) is 0 Å². The fourth-order valence-electron chi connectivity index (χ4n) is 2.52. The fourth-order valence-corrected chi connectivity index (χ4v) is 2.52. The number of benzene rings is 1. The molecule has 7 heteroatoms. The molecule has 1 aromatic heterocycles. The molecule has 24 heavy (non-hydrogen) atoms. The summed E-state index contributed by atoms with van der Waals surface area (Å²) in [6.07, 6.45) is 0. The minimum Gasteiger partial charge on any atom is -0.462 e. The zero-order valence-corrected chi connectivity index (χ0v) is 14.1. The number of carbonyl (C=O) groups excluding carboxylic acids is 3.